The highest BCUT2D eigenvalue weighted by molar-refractivity contribution is 7.91. The van der Waals surface area contributed by atoms with Crippen LogP contribution in [-0.2, 0) is 31.4 Å². The van der Waals surface area contributed by atoms with E-state index in [9.17, 15) is 18.0 Å². The Bertz CT molecular complexity index is 1150. The van der Waals surface area contributed by atoms with Crippen molar-refractivity contribution in [1.82, 2.24) is 4.72 Å². The van der Waals surface area contributed by atoms with E-state index in [-0.39, 0.29) is 20.8 Å². The molecule has 0 fully saturated rings. The van der Waals surface area contributed by atoms with Crippen LogP contribution < -0.4 is 4.72 Å². The highest BCUT2D eigenvalue weighted by atomic mass is 32.2. The Hall–Kier alpha value is -2.03. The first-order valence-electron chi connectivity index (χ1n) is 11.6. The molecule has 0 aliphatic heterocycles. The maximum Gasteiger partial charge on any atom is 0.318 e. The molecule has 2 N–H and O–H groups in total. The predicted molar refractivity (Wildman–Crippen MR) is 137 cm³/mol. The minimum Gasteiger partial charge on any atom is -0.480 e. The van der Waals surface area contributed by atoms with Crippen LogP contribution in [0.2, 0.25) is 0 Å². The standard InChI is InChI=1S/C26H37NO5S2/c1-8-26(9-2,22-15-18(4)24(33-22)34(31,32)27-16-23(29)30)20-12-10-19(17(3)14-20)11-13-21(28)25(5,6)7/h10,12,14-15,27H,8-9,11,13,16H2,1-7H3,(H,29,30). The molecule has 0 atom stereocenters. The van der Waals surface area contributed by atoms with Gasteiger partial charge < -0.3 is 5.11 Å². The fourth-order valence-corrected chi connectivity index (χ4v) is 7.31. The van der Waals surface area contributed by atoms with Gasteiger partial charge in [0.2, 0.25) is 0 Å². The molecule has 0 bridgehead atoms. The third-order valence-corrected chi connectivity index (χ3v) is 10.0. The number of aryl methyl sites for hydroxylation is 3. The van der Waals surface area contributed by atoms with Crippen LogP contribution in [0.1, 0.15) is 81.0 Å². The molecule has 2 aromatic rings. The molecule has 0 saturated carbocycles. The van der Waals surface area contributed by atoms with E-state index in [1.807, 2.05) is 26.8 Å². The zero-order chi connectivity index (χ0) is 25.9. The van der Waals surface area contributed by atoms with Gasteiger partial charge >= 0.3 is 5.97 Å². The van der Waals surface area contributed by atoms with E-state index in [1.165, 1.54) is 11.3 Å². The van der Waals surface area contributed by atoms with Crippen molar-refractivity contribution in [3.8, 4) is 0 Å². The predicted octanol–water partition coefficient (Wildman–Crippen LogP) is 5.38. The van der Waals surface area contributed by atoms with Crippen LogP contribution in [0.5, 0.6) is 0 Å². The molecule has 0 amide bonds. The summed E-state index contributed by atoms with van der Waals surface area (Å²) in [5.74, 6) is -0.985. The number of thiophene rings is 1. The number of carboxylic acid groups (broad SMARTS) is 1. The molecule has 6 nitrogen and oxygen atoms in total. The number of sulfonamides is 1. The molecule has 0 unspecified atom stereocenters. The first-order valence-corrected chi connectivity index (χ1v) is 13.9. The molecule has 1 heterocycles. The molecule has 34 heavy (non-hydrogen) atoms. The third kappa shape index (κ3) is 6.15. The minimum absolute atomic E-state index is 0.157. The highest BCUT2D eigenvalue weighted by Gasteiger charge is 2.35. The molecular weight excluding hydrogens is 470 g/mol. The molecule has 0 aliphatic rings. The Morgan fingerprint density at radius 1 is 1.03 bits per heavy atom. The molecule has 2 rings (SSSR count). The number of hydrogen-bond donors (Lipinski definition) is 2. The molecule has 1 aromatic heterocycles. The Balaban J connectivity index is 2.43. The third-order valence-electron chi connectivity index (χ3n) is 6.56. The van der Waals surface area contributed by atoms with Crippen LogP contribution in [0.3, 0.4) is 0 Å². The zero-order valence-electron chi connectivity index (χ0n) is 21.2. The van der Waals surface area contributed by atoms with Gasteiger partial charge in [0.1, 0.15) is 16.5 Å². The maximum absolute atomic E-state index is 12.7. The summed E-state index contributed by atoms with van der Waals surface area (Å²) in [4.78, 5) is 24.2. The van der Waals surface area contributed by atoms with Gasteiger partial charge in [-0.05, 0) is 61.4 Å². The van der Waals surface area contributed by atoms with Crippen LogP contribution in [0.15, 0.2) is 28.5 Å². The van der Waals surface area contributed by atoms with Gasteiger partial charge in [-0.1, -0.05) is 52.8 Å². The van der Waals surface area contributed by atoms with Crippen LogP contribution in [0.25, 0.3) is 0 Å². The average Bonchev–Trinajstić information content (AvgIpc) is 3.15. The Labute approximate surface area is 207 Å². The van der Waals surface area contributed by atoms with E-state index in [1.54, 1.807) is 6.92 Å². The van der Waals surface area contributed by atoms with Crippen molar-refractivity contribution in [2.24, 2.45) is 5.41 Å². The van der Waals surface area contributed by atoms with Gasteiger partial charge in [-0.15, -0.1) is 11.3 Å². The van der Waals surface area contributed by atoms with Crippen molar-refractivity contribution in [2.75, 3.05) is 6.54 Å². The summed E-state index contributed by atoms with van der Waals surface area (Å²) in [7, 11) is -3.91. The van der Waals surface area contributed by atoms with E-state index in [0.29, 0.717) is 18.4 Å². The van der Waals surface area contributed by atoms with Crippen molar-refractivity contribution >= 4 is 33.1 Å². The van der Waals surface area contributed by atoms with Crippen molar-refractivity contribution in [2.45, 2.75) is 83.8 Å². The lowest BCUT2D eigenvalue weighted by Crippen LogP contribution is -2.29. The lowest BCUT2D eigenvalue weighted by molar-refractivity contribution is -0.135. The Morgan fingerprint density at radius 3 is 2.15 bits per heavy atom. The number of ketones is 1. The summed E-state index contributed by atoms with van der Waals surface area (Å²) in [5.41, 5.74) is 3.28. The van der Waals surface area contributed by atoms with Gasteiger partial charge in [0.15, 0.2) is 0 Å². The average molecular weight is 508 g/mol. The van der Waals surface area contributed by atoms with Gasteiger partial charge in [0, 0.05) is 22.1 Å². The summed E-state index contributed by atoms with van der Waals surface area (Å²) in [5, 5.41) is 8.87. The number of carbonyl (C=O) groups is 2. The van der Waals surface area contributed by atoms with Gasteiger partial charge in [0.05, 0.1) is 0 Å². The number of nitrogens with one attached hydrogen (secondary N) is 1. The second-order valence-electron chi connectivity index (χ2n) is 9.90. The van der Waals surface area contributed by atoms with Crippen LogP contribution in [0.4, 0.5) is 0 Å². The van der Waals surface area contributed by atoms with E-state index < -0.39 is 22.5 Å². The molecule has 0 aliphatic carbocycles. The van der Waals surface area contributed by atoms with E-state index in [2.05, 4.69) is 43.7 Å². The second-order valence-corrected chi connectivity index (χ2v) is 12.9. The molecule has 0 radical (unpaired) electrons. The van der Waals surface area contributed by atoms with E-state index in [4.69, 9.17) is 5.11 Å². The summed E-state index contributed by atoms with van der Waals surface area (Å²) < 4.78 is 27.7. The minimum atomic E-state index is -3.91. The second kappa shape index (κ2) is 10.7. The Kier molecular flexibility index (Phi) is 8.88. The summed E-state index contributed by atoms with van der Waals surface area (Å²) in [6.45, 7) is 13.2. The van der Waals surface area contributed by atoms with Gasteiger partial charge in [-0.25, -0.2) is 8.42 Å². The van der Waals surface area contributed by atoms with Crippen molar-refractivity contribution < 1.29 is 23.1 Å². The Morgan fingerprint density at radius 2 is 1.65 bits per heavy atom. The van der Waals surface area contributed by atoms with E-state index >= 15 is 0 Å². The number of Topliss-reactive ketones (excluding diaryl/α,β-unsaturated/α-hetero) is 1. The van der Waals surface area contributed by atoms with Crippen molar-refractivity contribution in [3.63, 3.8) is 0 Å². The normalized spacial score (nSPS) is 12.7. The zero-order valence-corrected chi connectivity index (χ0v) is 22.9. The molecule has 0 spiro atoms. The summed E-state index contributed by atoms with van der Waals surface area (Å²) in [6, 6.07) is 8.27. The quantitative estimate of drug-likeness (QED) is 0.425. The number of aliphatic carboxylic acids is 1. The fourth-order valence-electron chi connectivity index (χ4n) is 4.24. The first kappa shape index (κ1) is 28.2. The first-order chi connectivity index (χ1) is 15.7. The SMILES string of the molecule is CCC(CC)(c1ccc(CCC(=O)C(C)(C)C)c(C)c1)c1cc(C)c(S(=O)(=O)NCC(=O)O)s1. The number of carboxylic acids is 1. The number of rotatable bonds is 11. The fraction of sp³-hybridized carbons (Fsp3) is 0.538. The van der Waals surface area contributed by atoms with Gasteiger partial charge in [-0.2, -0.15) is 4.72 Å². The molecule has 1 aromatic carbocycles. The van der Waals surface area contributed by atoms with Crippen LogP contribution >= 0.6 is 11.3 Å². The number of hydrogen-bond acceptors (Lipinski definition) is 5. The molecule has 8 heteroatoms. The number of carbonyl (C=O) groups excluding carboxylic acids is 1. The van der Waals surface area contributed by atoms with Crippen LogP contribution in [0, 0.1) is 19.3 Å². The monoisotopic (exact) mass is 507 g/mol. The lowest BCUT2D eigenvalue weighted by atomic mass is 9.73. The molecule has 0 saturated heterocycles. The van der Waals surface area contributed by atoms with Gasteiger partial charge in [-0.3, -0.25) is 9.59 Å². The summed E-state index contributed by atoms with van der Waals surface area (Å²) >= 11 is 1.21. The maximum atomic E-state index is 12.7. The highest BCUT2D eigenvalue weighted by Crippen LogP contribution is 2.44. The molecular formula is C26H37NO5S2. The lowest BCUT2D eigenvalue weighted by Gasteiger charge is -2.32. The van der Waals surface area contributed by atoms with Crippen molar-refractivity contribution in [1.29, 1.82) is 0 Å². The van der Waals surface area contributed by atoms with Gasteiger partial charge in [0.25, 0.3) is 10.0 Å². The summed E-state index contributed by atoms with van der Waals surface area (Å²) in [6.07, 6.45) is 2.77. The number of benzene rings is 1. The molecule has 188 valence electrons. The van der Waals surface area contributed by atoms with E-state index in [0.717, 1.165) is 34.4 Å². The smallest absolute Gasteiger partial charge is 0.318 e. The van der Waals surface area contributed by atoms with Crippen molar-refractivity contribution in [3.05, 3.63) is 51.4 Å². The van der Waals surface area contributed by atoms with Crippen LogP contribution in [-0.4, -0.2) is 31.8 Å². The largest absolute Gasteiger partial charge is 0.480 e. The topological polar surface area (TPSA) is 101 Å².